The van der Waals surface area contributed by atoms with E-state index in [0.29, 0.717) is 0 Å². The van der Waals surface area contributed by atoms with Crippen LogP contribution in [0.15, 0.2) is 10.9 Å². The Hall–Kier alpha value is -0.325. The summed E-state index contributed by atoms with van der Waals surface area (Å²) in [5, 5.41) is 0. The van der Waals surface area contributed by atoms with Gasteiger partial charge < -0.3 is 13.9 Å². The molecular weight excluding hydrogens is 283 g/mol. The SMILES string of the molecule is CCn1cc(B2OC(C)(C)C(C)(C)O2)nc1Br. The van der Waals surface area contributed by atoms with E-state index in [1.54, 1.807) is 0 Å². The monoisotopic (exact) mass is 300 g/mol. The lowest BCUT2D eigenvalue weighted by Gasteiger charge is -2.32. The number of aromatic nitrogens is 2. The maximum Gasteiger partial charge on any atom is 0.516 e. The van der Waals surface area contributed by atoms with Crippen LogP contribution in [0.3, 0.4) is 0 Å². The molecule has 1 saturated heterocycles. The number of imidazole rings is 1. The van der Waals surface area contributed by atoms with E-state index in [0.717, 1.165) is 16.9 Å². The van der Waals surface area contributed by atoms with Crippen LogP contribution in [0.2, 0.25) is 0 Å². The van der Waals surface area contributed by atoms with E-state index in [-0.39, 0.29) is 18.3 Å². The first kappa shape index (κ1) is 13.1. The number of aryl methyl sites for hydroxylation is 1. The topological polar surface area (TPSA) is 36.3 Å². The first-order valence-corrected chi connectivity index (χ1v) is 6.64. The smallest absolute Gasteiger partial charge is 0.398 e. The summed E-state index contributed by atoms with van der Waals surface area (Å²) in [5.41, 5.74) is 0.178. The predicted molar refractivity (Wildman–Crippen MR) is 71.3 cm³/mol. The minimum absolute atomic E-state index is 0.319. The van der Waals surface area contributed by atoms with Gasteiger partial charge in [0, 0.05) is 12.7 Å². The van der Waals surface area contributed by atoms with Crippen LogP contribution in [0.5, 0.6) is 0 Å². The third-order valence-corrected chi connectivity index (χ3v) is 4.21. The molecule has 0 unspecified atom stereocenters. The van der Waals surface area contributed by atoms with Crippen molar-refractivity contribution in [3.8, 4) is 0 Å². The maximum absolute atomic E-state index is 5.94. The standard InChI is InChI=1S/C11H18BBrN2O2/c1-6-15-7-8(14-9(15)13)12-16-10(2,3)11(4,5)17-12/h7H,6H2,1-5H3. The Morgan fingerprint density at radius 3 is 2.24 bits per heavy atom. The molecule has 6 heteroatoms. The van der Waals surface area contributed by atoms with E-state index in [4.69, 9.17) is 9.31 Å². The first-order valence-electron chi connectivity index (χ1n) is 5.85. The zero-order valence-corrected chi connectivity index (χ0v) is 12.5. The number of rotatable bonds is 2. The average Bonchev–Trinajstić information content (AvgIpc) is 2.66. The highest BCUT2D eigenvalue weighted by molar-refractivity contribution is 9.10. The fraction of sp³-hybridized carbons (Fsp3) is 0.727. The van der Waals surface area contributed by atoms with Gasteiger partial charge in [-0.2, -0.15) is 0 Å². The van der Waals surface area contributed by atoms with Crippen molar-refractivity contribution >= 4 is 28.6 Å². The highest BCUT2D eigenvalue weighted by Crippen LogP contribution is 2.36. The molecule has 0 bridgehead atoms. The van der Waals surface area contributed by atoms with E-state index in [1.807, 2.05) is 38.5 Å². The Bertz CT molecular complexity index is 415. The van der Waals surface area contributed by atoms with Gasteiger partial charge in [0.05, 0.1) is 16.8 Å². The Morgan fingerprint density at radius 1 is 1.29 bits per heavy atom. The fourth-order valence-corrected chi connectivity index (χ4v) is 2.27. The second kappa shape index (κ2) is 4.11. The molecule has 4 nitrogen and oxygen atoms in total. The van der Waals surface area contributed by atoms with Crippen molar-refractivity contribution in [2.24, 2.45) is 0 Å². The average molecular weight is 301 g/mol. The Morgan fingerprint density at radius 2 is 1.82 bits per heavy atom. The zero-order valence-electron chi connectivity index (χ0n) is 11.0. The van der Waals surface area contributed by atoms with E-state index in [2.05, 4.69) is 27.8 Å². The summed E-state index contributed by atoms with van der Waals surface area (Å²) in [5.74, 6) is 0. The Kier molecular flexibility index (Phi) is 3.17. The molecule has 94 valence electrons. The molecule has 1 aliphatic rings. The van der Waals surface area contributed by atoms with E-state index in [9.17, 15) is 0 Å². The van der Waals surface area contributed by atoms with Gasteiger partial charge in [0.25, 0.3) is 0 Å². The quantitative estimate of drug-likeness (QED) is 0.784. The Balaban J connectivity index is 2.26. The molecule has 0 N–H and O–H groups in total. The summed E-state index contributed by atoms with van der Waals surface area (Å²) >= 11 is 3.42. The van der Waals surface area contributed by atoms with Gasteiger partial charge in [-0.25, -0.2) is 4.98 Å². The summed E-state index contributed by atoms with van der Waals surface area (Å²) in [6.45, 7) is 11.1. The van der Waals surface area contributed by atoms with E-state index < -0.39 is 0 Å². The second-order valence-electron chi connectivity index (χ2n) is 5.31. The minimum atomic E-state index is -0.385. The molecule has 2 heterocycles. The number of nitrogens with zero attached hydrogens (tertiary/aromatic N) is 2. The molecule has 0 radical (unpaired) electrons. The normalized spacial score (nSPS) is 22.1. The molecule has 0 atom stereocenters. The molecule has 0 amide bonds. The number of hydrogen-bond donors (Lipinski definition) is 0. The highest BCUT2D eigenvalue weighted by atomic mass is 79.9. The molecule has 1 aromatic heterocycles. The van der Waals surface area contributed by atoms with Gasteiger partial charge in [-0.05, 0) is 50.5 Å². The molecule has 0 saturated carbocycles. The van der Waals surface area contributed by atoms with E-state index in [1.165, 1.54) is 0 Å². The Labute approximate surface area is 111 Å². The summed E-state index contributed by atoms with van der Waals surface area (Å²) in [7, 11) is -0.385. The van der Waals surface area contributed by atoms with Crippen molar-refractivity contribution in [3.05, 3.63) is 10.9 Å². The van der Waals surface area contributed by atoms with Gasteiger partial charge in [-0.3, -0.25) is 0 Å². The molecule has 1 aliphatic heterocycles. The summed E-state index contributed by atoms with van der Waals surface area (Å²) in [6.07, 6.45) is 1.96. The molecular formula is C11H18BBrN2O2. The van der Waals surface area contributed by atoms with Gasteiger partial charge >= 0.3 is 7.12 Å². The highest BCUT2D eigenvalue weighted by Gasteiger charge is 2.52. The first-order chi connectivity index (χ1) is 7.77. The van der Waals surface area contributed by atoms with E-state index >= 15 is 0 Å². The zero-order chi connectivity index (χ0) is 12.8. The summed E-state index contributed by atoms with van der Waals surface area (Å²) in [6, 6.07) is 0. The van der Waals surface area contributed by atoms with Gasteiger partial charge in [-0.15, -0.1) is 0 Å². The molecule has 0 spiro atoms. The lowest BCUT2D eigenvalue weighted by molar-refractivity contribution is 0.00578. The molecule has 0 aromatic carbocycles. The summed E-state index contributed by atoms with van der Waals surface area (Å²) in [4.78, 5) is 4.42. The van der Waals surface area contributed by atoms with Crippen LogP contribution < -0.4 is 5.59 Å². The van der Waals surface area contributed by atoms with Gasteiger partial charge in [0.1, 0.15) is 0 Å². The van der Waals surface area contributed by atoms with Crippen molar-refractivity contribution in [3.63, 3.8) is 0 Å². The number of hydrogen-bond acceptors (Lipinski definition) is 3. The fourth-order valence-electron chi connectivity index (χ4n) is 1.71. The third-order valence-electron chi connectivity index (χ3n) is 3.58. The molecule has 1 aromatic rings. The van der Waals surface area contributed by atoms with Crippen molar-refractivity contribution in [2.75, 3.05) is 0 Å². The van der Waals surface area contributed by atoms with Crippen LogP contribution in [-0.4, -0.2) is 27.9 Å². The molecule has 0 aliphatic carbocycles. The predicted octanol–water partition coefficient (Wildman–Crippen LogP) is 1.96. The van der Waals surface area contributed by atoms with Crippen molar-refractivity contribution in [1.29, 1.82) is 0 Å². The van der Waals surface area contributed by atoms with Crippen LogP contribution >= 0.6 is 15.9 Å². The minimum Gasteiger partial charge on any atom is -0.398 e. The maximum atomic E-state index is 5.94. The van der Waals surface area contributed by atoms with Crippen LogP contribution in [0, 0.1) is 0 Å². The van der Waals surface area contributed by atoms with Crippen molar-refractivity contribution in [1.82, 2.24) is 9.55 Å². The molecule has 17 heavy (non-hydrogen) atoms. The summed E-state index contributed by atoms with van der Waals surface area (Å²) < 4.78 is 14.7. The second-order valence-corrected chi connectivity index (χ2v) is 6.02. The van der Waals surface area contributed by atoms with Gasteiger partial charge in [0.2, 0.25) is 0 Å². The number of halogens is 1. The van der Waals surface area contributed by atoms with Crippen LogP contribution in [0.1, 0.15) is 34.6 Å². The lowest BCUT2D eigenvalue weighted by Crippen LogP contribution is -2.41. The molecule has 2 rings (SSSR count). The van der Waals surface area contributed by atoms with Crippen molar-refractivity contribution in [2.45, 2.75) is 52.4 Å². The van der Waals surface area contributed by atoms with Gasteiger partial charge in [0.15, 0.2) is 4.73 Å². The van der Waals surface area contributed by atoms with Crippen LogP contribution in [0.4, 0.5) is 0 Å². The molecule has 1 fully saturated rings. The van der Waals surface area contributed by atoms with Crippen molar-refractivity contribution < 1.29 is 9.31 Å². The van der Waals surface area contributed by atoms with Gasteiger partial charge in [-0.1, -0.05) is 0 Å². The van der Waals surface area contributed by atoms with Crippen LogP contribution in [0.25, 0.3) is 0 Å². The lowest BCUT2D eigenvalue weighted by atomic mass is 9.86. The largest absolute Gasteiger partial charge is 0.516 e. The van der Waals surface area contributed by atoms with Crippen LogP contribution in [-0.2, 0) is 15.9 Å². The third kappa shape index (κ3) is 2.18.